The summed E-state index contributed by atoms with van der Waals surface area (Å²) in [6.45, 7) is 2.83. The zero-order chi connectivity index (χ0) is 20.5. The van der Waals surface area contributed by atoms with Gasteiger partial charge in [-0.1, -0.05) is 0 Å². The lowest BCUT2D eigenvalue weighted by atomic mass is 9.96. The van der Waals surface area contributed by atoms with Crippen LogP contribution in [0.4, 0.5) is 23.4 Å². The van der Waals surface area contributed by atoms with E-state index in [-0.39, 0.29) is 11.8 Å². The summed E-state index contributed by atoms with van der Waals surface area (Å²) in [5.74, 6) is -1.52. The van der Waals surface area contributed by atoms with Crippen molar-refractivity contribution in [1.29, 1.82) is 0 Å². The summed E-state index contributed by atoms with van der Waals surface area (Å²) in [6, 6.07) is 4.78. The second-order valence-corrected chi connectivity index (χ2v) is 6.52. The third kappa shape index (κ3) is 4.68. The van der Waals surface area contributed by atoms with Gasteiger partial charge in [0.15, 0.2) is 11.6 Å². The standard InChI is InChI=1S/C18H18F4N4O2/c1-10-24-14(12-2-3-15(13(19)8-12)28-18(20,21)22)9-16(25-10)26-6-4-11(5-7-26)17(23)27/h2-3,8-9,11H,4-7H2,1H3,(H2,23,27). The molecule has 2 aromatic rings. The fourth-order valence-corrected chi connectivity index (χ4v) is 3.12. The Labute approximate surface area is 158 Å². The monoisotopic (exact) mass is 398 g/mol. The van der Waals surface area contributed by atoms with E-state index in [1.807, 2.05) is 4.90 Å². The number of aryl methyl sites for hydroxylation is 1. The molecule has 0 spiro atoms. The van der Waals surface area contributed by atoms with Crippen LogP contribution in [0.1, 0.15) is 18.7 Å². The zero-order valence-corrected chi connectivity index (χ0v) is 15.0. The van der Waals surface area contributed by atoms with Gasteiger partial charge in [-0.25, -0.2) is 14.4 Å². The summed E-state index contributed by atoms with van der Waals surface area (Å²) in [5, 5.41) is 0. The maximum absolute atomic E-state index is 14.0. The Hall–Kier alpha value is -2.91. The molecule has 1 aliphatic rings. The molecule has 1 aromatic heterocycles. The number of aromatic nitrogens is 2. The number of rotatable bonds is 4. The number of carbonyl (C=O) groups excluding carboxylic acids is 1. The molecule has 0 aliphatic carbocycles. The van der Waals surface area contributed by atoms with Crippen molar-refractivity contribution < 1.29 is 27.1 Å². The van der Waals surface area contributed by atoms with Crippen molar-refractivity contribution in [2.45, 2.75) is 26.1 Å². The average molecular weight is 398 g/mol. The smallest absolute Gasteiger partial charge is 0.403 e. The predicted molar refractivity (Wildman–Crippen MR) is 93.0 cm³/mol. The van der Waals surface area contributed by atoms with Crippen molar-refractivity contribution in [1.82, 2.24) is 9.97 Å². The zero-order valence-electron chi connectivity index (χ0n) is 15.0. The van der Waals surface area contributed by atoms with Crippen molar-refractivity contribution >= 4 is 11.7 Å². The number of hydrogen-bond donors (Lipinski definition) is 1. The Bertz CT molecular complexity index is 880. The van der Waals surface area contributed by atoms with Gasteiger partial charge in [0.1, 0.15) is 11.6 Å². The molecule has 0 saturated carbocycles. The van der Waals surface area contributed by atoms with Crippen molar-refractivity contribution in [3.8, 4) is 17.0 Å². The lowest BCUT2D eigenvalue weighted by Gasteiger charge is -2.31. The van der Waals surface area contributed by atoms with Crippen LogP contribution in [-0.4, -0.2) is 35.3 Å². The summed E-state index contributed by atoms with van der Waals surface area (Å²) in [5.41, 5.74) is 6.01. The molecule has 2 heterocycles. The molecule has 0 atom stereocenters. The molecule has 0 radical (unpaired) electrons. The highest BCUT2D eigenvalue weighted by atomic mass is 19.4. The van der Waals surface area contributed by atoms with E-state index in [4.69, 9.17) is 5.73 Å². The molecular weight excluding hydrogens is 380 g/mol. The number of nitrogens with zero attached hydrogens (tertiary/aromatic N) is 3. The van der Waals surface area contributed by atoms with Gasteiger partial charge in [0, 0.05) is 30.6 Å². The first kappa shape index (κ1) is 19.8. The van der Waals surface area contributed by atoms with E-state index in [1.165, 1.54) is 6.07 Å². The van der Waals surface area contributed by atoms with Crippen molar-refractivity contribution in [3.05, 3.63) is 35.9 Å². The summed E-state index contributed by atoms with van der Waals surface area (Å²) < 4.78 is 54.5. The van der Waals surface area contributed by atoms with Crippen LogP contribution in [0.3, 0.4) is 0 Å². The summed E-state index contributed by atoms with van der Waals surface area (Å²) >= 11 is 0. The Kier molecular flexibility index (Phi) is 5.39. The molecule has 1 saturated heterocycles. The molecule has 0 bridgehead atoms. The largest absolute Gasteiger partial charge is 0.573 e. The van der Waals surface area contributed by atoms with Crippen molar-refractivity contribution in [3.63, 3.8) is 0 Å². The second-order valence-electron chi connectivity index (χ2n) is 6.52. The van der Waals surface area contributed by atoms with Gasteiger partial charge in [-0.2, -0.15) is 0 Å². The number of ether oxygens (including phenoxy) is 1. The van der Waals surface area contributed by atoms with Crippen LogP contribution in [-0.2, 0) is 4.79 Å². The van der Waals surface area contributed by atoms with Gasteiger partial charge < -0.3 is 15.4 Å². The molecular formula is C18H18F4N4O2. The molecule has 1 aliphatic heterocycles. The lowest BCUT2D eigenvalue weighted by molar-refractivity contribution is -0.275. The molecule has 1 aromatic carbocycles. The maximum atomic E-state index is 14.0. The minimum absolute atomic E-state index is 0.172. The molecule has 6 nitrogen and oxygen atoms in total. The SMILES string of the molecule is Cc1nc(-c2ccc(OC(F)(F)F)c(F)c2)cc(N2CCC(C(N)=O)CC2)n1. The van der Waals surface area contributed by atoms with Gasteiger partial charge in [0.2, 0.25) is 5.91 Å². The van der Waals surface area contributed by atoms with Crippen LogP contribution in [0.15, 0.2) is 24.3 Å². The molecule has 3 rings (SSSR count). The molecule has 1 fully saturated rings. The number of halogens is 4. The van der Waals surface area contributed by atoms with E-state index < -0.39 is 17.9 Å². The lowest BCUT2D eigenvalue weighted by Crippen LogP contribution is -2.39. The van der Waals surface area contributed by atoms with E-state index in [0.29, 0.717) is 48.8 Å². The molecule has 0 unspecified atom stereocenters. The number of nitrogens with two attached hydrogens (primary N) is 1. The predicted octanol–water partition coefficient (Wildman–Crippen LogP) is 3.19. The normalized spacial score (nSPS) is 15.5. The highest BCUT2D eigenvalue weighted by Gasteiger charge is 2.32. The van der Waals surface area contributed by atoms with Gasteiger partial charge in [-0.15, -0.1) is 13.2 Å². The number of alkyl halides is 3. The summed E-state index contributed by atoms with van der Waals surface area (Å²) in [6.07, 6.45) is -3.77. The van der Waals surface area contributed by atoms with E-state index in [9.17, 15) is 22.4 Å². The molecule has 150 valence electrons. The van der Waals surface area contributed by atoms with E-state index in [1.54, 1.807) is 13.0 Å². The average Bonchev–Trinajstić information content (AvgIpc) is 2.62. The fourth-order valence-electron chi connectivity index (χ4n) is 3.12. The van der Waals surface area contributed by atoms with Gasteiger partial charge >= 0.3 is 6.36 Å². The third-order valence-corrected chi connectivity index (χ3v) is 4.50. The summed E-state index contributed by atoms with van der Waals surface area (Å²) in [7, 11) is 0. The van der Waals surface area contributed by atoms with Crippen molar-refractivity contribution in [2.75, 3.05) is 18.0 Å². The van der Waals surface area contributed by atoms with Crippen LogP contribution in [0.25, 0.3) is 11.3 Å². The number of carbonyl (C=O) groups is 1. The maximum Gasteiger partial charge on any atom is 0.573 e. The molecule has 28 heavy (non-hydrogen) atoms. The summed E-state index contributed by atoms with van der Waals surface area (Å²) in [4.78, 5) is 21.9. The number of anilines is 1. The van der Waals surface area contributed by atoms with Crippen LogP contribution in [0.2, 0.25) is 0 Å². The number of amides is 1. The van der Waals surface area contributed by atoms with Gasteiger partial charge in [0.25, 0.3) is 0 Å². The number of piperidine rings is 1. The Morgan fingerprint density at radius 2 is 1.89 bits per heavy atom. The molecule has 2 N–H and O–H groups in total. The number of benzene rings is 1. The van der Waals surface area contributed by atoms with Gasteiger partial charge in [0.05, 0.1) is 5.69 Å². The molecule has 1 amide bonds. The van der Waals surface area contributed by atoms with Crippen LogP contribution >= 0.6 is 0 Å². The van der Waals surface area contributed by atoms with E-state index >= 15 is 0 Å². The Balaban J connectivity index is 1.84. The van der Waals surface area contributed by atoms with E-state index in [2.05, 4.69) is 14.7 Å². The van der Waals surface area contributed by atoms with Gasteiger partial charge in [-0.3, -0.25) is 4.79 Å². The van der Waals surface area contributed by atoms with Gasteiger partial charge in [-0.05, 0) is 38.0 Å². The first-order chi connectivity index (χ1) is 13.1. The molecule has 10 heteroatoms. The van der Waals surface area contributed by atoms with Crippen molar-refractivity contribution in [2.24, 2.45) is 11.7 Å². The highest BCUT2D eigenvalue weighted by Crippen LogP contribution is 2.30. The Morgan fingerprint density at radius 3 is 2.46 bits per heavy atom. The second kappa shape index (κ2) is 7.61. The Morgan fingerprint density at radius 1 is 1.21 bits per heavy atom. The number of hydrogen-bond acceptors (Lipinski definition) is 5. The van der Waals surface area contributed by atoms with Crippen LogP contribution in [0, 0.1) is 18.7 Å². The van der Waals surface area contributed by atoms with Crippen LogP contribution in [0.5, 0.6) is 5.75 Å². The fraction of sp³-hybridized carbons (Fsp3) is 0.389. The first-order valence-corrected chi connectivity index (χ1v) is 8.58. The minimum Gasteiger partial charge on any atom is -0.403 e. The number of primary amides is 1. The van der Waals surface area contributed by atoms with Crippen LogP contribution < -0.4 is 15.4 Å². The first-order valence-electron chi connectivity index (χ1n) is 8.58. The quantitative estimate of drug-likeness (QED) is 0.800. The van der Waals surface area contributed by atoms with E-state index in [0.717, 1.165) is 12.1 Å². The third-order valence-electron chi connectivity index (χ3n) is 4.50. The topological polar surface area (TPSA) is 81.3 Å². The minimum atomic E-state index is -4.97. The highest BCUT2D eigenvalue weighted by molar-refractivity contribution is 5.77.